The van der Waals surface area contributed by atoms with E-state index in [-0.39, 0.29) is 34.9 Å². The summed E-state index contributed by atoms with van der Waals surface area (Å²) in [6.45, 7) is 1.89. The smallest absolute Gasteiger partial charge is 0.417 e. The lowest BCUT2D eigenvalue weighted by Crippen LogP contribution is -2.26. The fourth-order valence-corrected chi connectivity index (χ4v) is 3.99. The number of sulfonamides is 1. The van der Waals surface area contributed by atoms with Crippen LogP contribution < -0.4 is 19.5 Å². The number of amides is 1. The third kappa shape index (κ3) is 6.24. The maximum absolute atomic E-state index is 13.1. The van der Waals surface area contributed by atoms with Crippen molar-refractivity contribution in [2.75, 3.05) is 11.3 Å². The molecule has 182 valence electrons. The van der Waals surface area contributed by atoms with Gasteiger partial charge in [-0.25, -0.2) is 13.2 Å². The molecule has 1 amide bonds. The summed E-state index contributed by atoms with van der Waals surface area (Å²) >= 11 is 11.3. The van der Waals surface area contributed by atoms with Gasteiger partial charge in [-0.3, -0.25) is 4.72 Å². The number of ether oxygens (including phenoxy) is 2. The summed E-state index contributed by atoms with van der Waals surface area (Å²) in [4.78, 5) is 17.7. The molecule has 0 fully saturated rings. The molecule has 0 aliphatic heterocycles. The van der Waals surface area contributed by atoms with Gasteiger partial charge in [0.1, 0.15) is 0 Å². The molecule has 3 rings (SSSR count). The summed E-state index contributed by atoms with van der Waals surface area (Å²) in [7, 11) is -4.48. The number of benzene rings is 2. The first kappa shape index (κ1) is 25.5. The summed E-state index contributed by atoms with van der Waals surface area (Å²) in [5.41, 5.74) is -1.44. The third-order valence-electron chi connectivity index (χ3n) is 4.00. The minimum atomic E-state index is -4.86. The molecule has 15 heteroatoms. The number of H-pyrrole nitrogens is 1. The third-order valence-corrected chi connectivity index (χ3v) is 5.91. The Hall–Kier alpha value is -3.16. The van der Waals surface area contributed by atoms with Crippen LogP contribution in [0.15, 0.2) is 47.5 Å². The molecule has 0 saturated carbocycles. The number of rotatable bonds is 7. The minimum absolute atomic E-state index is 0.0360. The maximum Gasteiger partial charge on any atom is 0.417 e. The number of nitrogens with one attached hydrogen (secondary N) is 3. The van der Waals surface area contributed by atoms with Crippen molar-refractivity contribution < 1.29 is 35.9 Å². The zero-order valence-corrected chi connectivity index (χ0v) is 19.4. The first-order valence-corrected chi connectivity index (χ1v) is 11.5. The van der Waals surface area contributed by atoms with Crippen LogP contribution in [0.4, 0.5) is 23.7 Å². The van der Waals surface area contributed by atoms with Crippen molar-refractivity contribution in [3.8, 4) is 17.5 Å². The van der Waals surface area contributed by atoms with Crippen molar-refractivity contribution in [3.63, 3.8) is 0 Å². The van der Waals surface area contributed by atoms with Crippen molar-refractivity contribution in [1.29, 1.82) is 0 Å². The van der Waals surface area contributed by atoms with E-state index >= 15 is 0 Å². The number of halogens is 5. The number of alkyl halides is 3. The van der Waals surface area contributed by atoms with E-state index < -0.39 is 37.8 Å². The highest BCUT2D eigenvalue weighted by Gasteiger charge is 2.34. The highest BCUT2D eigenvalue weighted by Crippen LogP contribution is 2.37. The van der Waals surface area contributed by atoms with E-state index in [1.165, 1.54) is 18.3 Å². The zero-order chi connectivity index (χ0) is 25.1. The van der Waals surface area contributed by atoms with Crippen LogP contribution in [0.1, 0.15) is 12.5 Å². The predicted octanol–water partition coefficient (Wildman–Crippen LogP) is 5.44. The van der Waals surface area contributed by atoms with Crippen molar-refractivity contribution in [2.24, 2.45) is 0 Å². The van der Waals surface area contributed by atoms with E-state index in [4.69, 9.17) is 32.7 Å². The Bertz CT molecular complexity index is 1320. The first-order valence-electron chi connectivity index (χ1n) is 9.27. The molecule has 2 aromatic carbocycles. The van der Waals surface area contributed by atoms with Crippen molar-refractivity contribution in [2.45, 2.75) is 18.0 Å². The molecule has 9 nitrogen and oxygen atoms in total. The number of hydrogen-bond acceptors (Lipinski definition) is 6. The number of carbonyl (C=O) groups excluding carboxylic acids is 1. The Morgan fingerprint density at radius 3 is 2.50 bits per heavy atom. The lowest BCUT2D eigenvalue weighted by molar-refractivity contribution is -0.137. The van der Waals surface area contributed by atoms with Gasteiger partial charge >= 0.3 is 18.3 Å². The van der Waals surface area contributed by atoms with Crippen LogP contribution in [-0.4, -0.2) is 31.0 Å². The summed E-state index contributed by atoms with van der Waals surface area (Å²) < 4.78 is 77.5. The van der Waals surface area contributed by atoms with E-state index in [0.717, 1.165) is 18.2 Å². The fraction of sp³-hybridized carbons (Fsp3) is 0.158. The van der Waals surface area contributed by atoms with Crippen molar-refractivity contribution >= 4 is 45.0 Å². The number of nitrogens with zero attached hydrogens (tertiary/aromatic N) is 1. The molecule has 1 aromatic heterocycles. The van der Waals surface area contributed by atoms with E-state index in [0.29, 0.717) is 6.07 Å². The summed E-state index contributed by atoms with van der Waals surface area (Å²) in [5.74, 6) is -0.253. The topological polar surface area (TPSA) is 122 Å². The predicted molar refractivity (Wildman–Crippen MR) is 117 cm³/mol. The lowest BCUT2D eigenvalue weighted by Gasteiger charge is -2.14. The van der Waals surface area contributed by atoms with Crippen LogP contribution in [0.25, 0.3) is 0 Å². The Balaban J connectivity index is 1.94. The number of carbonyl (C=O) groups is 1. The average molecular weight is 539 g/mol. The van der Waals surface area contributed by atoms with Gasteiger partial charge in [-0.2, -0.15) is 18.2 Å². The second kappa shape index (κ2) is 9.99. The number of aromatic nitrogens is 2. The molecule has 34 heavy (non-hydrogen) atoms. The van der Waals surface area contributed by atoms with E-state index in [9.17, 15) is 26.4 Å². The van der Waals surface area contributed by atoms with Crippen LogP contribution >= 0.6 is 23.2 Å². The van der Waals surface area contributed by atoms with Crippen LogP contribution in [0, 0.1) is 0 Å². The maximum atomic E-state index is 13.1. The van der Waals surface area contributed by atoms with Crippen LogP contribution in [-0.2, 0) is 16.2 Å². The van der Waals surface area contributed by atoms with Gasteiger partial charge < -0.3 is 19.8 Å². The van der Waals surface area contributed by atoms with Crippen LogP contribution in [0.5, 0.6) is 17.5 Å². The Morgan fingerprint density at radius 1 is 1.15 bits per heavy atom. The highest BCUT2D eigenvalue weighted by atomic mass is 35.5. The lowest BCUT2D eigenvalue weighted by atomic mass is 10.2. The molecular formula is C19H15Cl2F3N4O5S. The Kier molecular flexibility index (Phi) is 7.48. The van der Waals surface area contributed by atoms with E-state index in [1.807, 2.05) is 0 Å². The van der Waals surface area contributed by atoms with Gasteiger partial charge in [-0.1, -0.05) is 23.2 Å². The Morgan fingerprint density at radius 2 is 1.88 bits per heavy atom. The zero-order valence-electron chi connectivity index (χ0n) is 17.0. The standard InChI is InChI=1S/C19H15Cl2F3N4O5S/c1-2-25-18(29)33-15-7-10(3-6-14(15)32-17-26-9-16(21)27-17)28-34(30,31)11-4-5-13(20)12(8-11)19(22,23)24/h3-9,28H,2H2,1H3,(H,25,29)(H,26,27). The number of hydrogen-bond donors (Lipinski definition) is 3. The number of imidazole rings is 1. The normalized spacial score (nSPS) is 11.7. The quantitative estimate of drug-likeness (QED) is 0.368. The van der Waals surface area contributed by atoms with Gasteiger partial charge in [0.2, 0.25) is 0 Å². The van der Waals surface area contributed by atoms with Gasteiger partial charge in [-0.15, -0.1) is 0 Å². The minimum Gasteiger partial charge on any atom is -0.422 e. The monoisotopic (exact) mass is 538 g/mol. The van der Waals surface area contributed by atoms with Crippen LogP contribution in [0.3, 0.4) is 0 Å². The second-order valence-electron chi connectivity index (χ2n) is 6.46. The summed E-state index contributed by atoms with van der Waals surface area (Å²) in [6.07, 6.45) is -4.38. The van der Waals surface area contributed by atoms with Crippen molar-refractivity contribution in [1.82, 2.24) is 15.3 Å². The van der Waals surface area contributed by atoms with Crippen molar-refractivity contribution in [3.05, 3.63) is 58.3 Å². The molecule has 0 spiro atoms. The van der Waals surface area contributed by atoms with Gasteiger partial charge in [0, 0.05) is 18.8 Å². The molecule has 0 atom stereocenters. The number of aromatic amines is 1. The molecule has 0 unspecified atom stereocenters. The van der Waals surface area contributed by atoms with E-state index in [2.05, 4.69) is 20.0 Å². The SMILES string of the molecule is CCNC(=O)Oc1cc(NS(=O)(=O)c2ccc(Cl)c(C(F)(F)F)c2)ccc1Oc1nc(Cl)c[nH]1. The van der Waals surface area contributed by atoms with Gasteiger partial charge in [0.05, 0.1) is 21.2 Å². The molecule has 0 bridgehead atoms. The summed E-state index contributed by atoms with van der Waals surface area (Å²) in [6, 6.07) is 5.72. The molecular weight excluding hydrogens is 524 g/mol. The first-order chi connectivity index (χ1) is 15.9. The molecule has 0 aliphatic rings. The molecule has 0 radical (unpaired) electrons. The van der Waals surface area contributed by atoms with Gasteiger partial charge in [-0.05, 0) is 37.3 Å². The molecule has 0 saturated heterocycles. The molecule has 3 N–H and O–H groups in total. The average Bonchev–Trinajstić information content (AvgIpc) is 3.14. The Labute approximate surface area is 201 Å². The van der Waals surface area contributed by atoms with Gasteiger partial charge in [0.25, 0.3) is 10.0 Å². The molecule has 1 heterocycles. The van der Waals surface area contributed by atoms with Crippen LogP contribution in [0.2, 0.25) is 10.2 Å². The highest BCUT2D eigenvalue weighted by molar-refractivity contribution is 7.92. The fourth-order valence-electron chi connectivity index (χ4n) is 2.56. The van der Waals surface area contributed by atoms with E-state index in [1.54, 1.807) is 6.92 Å². The second-order valence-corrected chi connectivity index (χ2v) is 8.93. The number of anilines is 1. The summed E-state index contributed by atoms with van der Waals surface area (Å²) in [5, 5.41) is 1.84. The molecule has 3 aromatic rings. The van der Waals surface area contributed by atoms with Gasteiger partial charge in [0.15, 0.2) is 16.7 Å². The molecule has 0 aliphatic carbocycles. The largest absolute Gasteiger partial charge is 0.422 e.